The van der Waals surface area contributed by atoms with Crippen LogP contribution in [0.2, 0.25) is 0 Å². The third-order valence-corrected chi connectivity index (χ3v) is 8.65. The minimum atomic E-state index is -0.151. The smallest absolute Gasteiger partial charge is 0.254 e. The summed E-state index contributed by atoms with van der Waals surface area (Å²) in [6.07, 6.45) is 9.49. The molecule has 154 valence electrons. The molecule has 29 heavy (non-hydrogen) atoms. The number of thiazole rings is 1. The molecule has 0 saturated heterocycles. The van der Waals surface area contributed by atoms with E-state index in [2.05, 4.69) is 48.7 Å². The van der Waals surface area contributed by atoms with Crippen LogP contribution in [-0.4, -0.2) is 10.5 Å². The Labute approximate surface area is 177 Å². The van der Waals surface area contributed by atoms with E-state index in [0.29, 0.717) is 0 Å². The highest BCUT2D eigenvalue weighted by Crippen LogP contribution is 2.60. The quantitative estimate of drug-likeness (QED) is 0.612. The predicted octanol–water partition coefficient (Wildman–Crippen LogP) is 5.83. The molecule has 1 aromatic heterocycles. The highest BCUT2D eigenvalue weighted by atomic mass is 32.1. The molecule has 4 saturated carbocycles. The second-order valence-corrected chi connectivity index (χ2v) is 10.7. The van der Waals surface area contributed by atoms with Crippen molar-refractivity contribution < 1.29 is 4.79 Å². The number of carbonyl (C=O) groups is 1. The van der Waals surface area contributed by atoms with Crippen LogP contribution in [0, 0.1) is 23.2 Å². The first-order valence-electron chi connectivity index (χ1n) is 11.5. The number of carbonyl (C=O) groups excluding carboxylic acids is 1. The summed E-state index contributed by atoms with van der Waals surface area (Å²) in [5, 5.41) is 0. The first kappa shape index (κ1) is 19.3. The lowest BCUT2D eigenvalue weighted by molar-refractivity contribution is -0.142. The van der Waals surface area contributed by atoms with Gasteiger partial charge in [0, 0.05) is 11.4 Å². The molecule has 0 atom stereocenters. The van der Waals surface area contributed by atoms with Crippen LogP contribution in [0.3, 0.4) is 0 Å². The van der Waals surface area contributed by atoms with Crippen molar-refractivity contribution >= 4 is 17.2 Å². The van der Waals surface area contributed by atoms with Crippen molar-refractivity contribution in [1.82, 2.24) is 4.57 Å². The molecule has 4 aliphatic rings. The Bertz CT molecular complexity index is 933. The maximum absolute atomic E-state index is 13.6. The van der Waals surface area contributed by atoms with E-state index in [1.54, 1.807) is 11.3 Å². The average molecular weight is 409 g/mol. The third-order valence-electron chi connectivity index (χ3n) is 7.51. The molecule has 2 aromatic rings. The number of amides is 1. The first-order chi connectivity index (χ1) is 14.1. The van der Waals surface area contributed by atoms with Crippen LogP contribution in [0.4, 0.5) is 0 Å². The highest BCUT2D eigenvalue weighted by molar-refractivity contribution is 7.09. The predicted molar refractivity (Wildman–Crippen MR) is 119 cm³/mol. The Morgan fingerprint density at radius 1 is 1.07 bits per heavy atom. The van der Waals surface area contributed by atoms with E-state index in [1.165, 1.54) is 35.4 Å². The van der Waals surface area contributed by atoms with Gasteiger partial charge in [0.1, 0.15) is 0 Å². The molecule has 4 heteroatoms. The Morgan fingerprint density at radius 2 is 1.69 bits per heavy atom. The minimum Gasteiger partial charge on any atom is -0.316 e. The van der Waals surface area contributed by atoms with E-state index in [-0.39, 0.29) is 11.3 Å². The van der Waals surface area contributed by atoms with Gasteiger partial charge in [0.2, 0.25) is 0 Å². The zero-order valence-electron chi connectivity index (χ0n) is 17.7. The van der Waals surface area contributed by atoms with Crippen molar-refractivity contribution in [2.45, 2.75) is 71.8 Å². The van der Waals surface area contributed by atoms with Crippen molar-refractivity contribution in [3.63, 3.8) is 0 Å². The van der Waals surface area contributed by atoms with Crippen molar-refractivity contribution in [1.29, 1.82) is 0 Å². The summed E-state index contributed by atoms with van der Waals surface area (Å²) in [7, 11) is 0. The fourth-order valence-corrected chi connectivity index (χ4v) is 8.03. The molecule has 3 nitrogen and oxygen atoms in total. The van der Waals surface area contributed by atoms with Crippen molar-refractivity contribution in [2.24, 2.45) is 28.2 Å². The Morgan fingerprint density at radius 3 is 2.24 bits per heavy atom. The molecule has 0 aliphatic heterocycles. The molecule has 1 amide bonds. The molecule has 0 unspecified atom stereocenters. The van der Waals surface area contributed by atoms with Gasteiger partial charge in [-0.3, -0.25) is 4.79 Å². The highest BCUT2D eigenvalue weighted by Gasteiger charge is 2.54. The Kier molecular flexibility index (Phi) is 5.01. The van der Waals surface area contributed by atoms with E-state index in [4.69, 9.17) is 4.99 Å². The average Bonchev–Trinajstić information content (AvgIpc) is 3.04. The molecule has 6 rings (SSSR count). The Hall–Kier alpha value is -1.68. The summed E-state index contributed by atoms with van der Waals surface area (Å²) in [6, 6.07) is 10.6. The number of nitrogens with zero attached hydrogens (tertiary/aromatic N) is 2. The molecule has 1 aromatic carbocycles. The lowest BCUT2D eigenvalue weighted by Gasteiger charge is -2.55. The first-order valence-corrected chi connectivity index (χ1v) is 12.3. The largest absolute Gasteiger partial charge is 0.316 e. The number of hydrogen-bond donors (Lipinski definition) is 0. The van der Waals surface area contributed by atoms with Gasteiger partial charge < -0.3 is 4.57 Å². The summed E-state index contributed by atoms with van der Waals surface area (Å²) in [6.45, 7) is 5.24. The zero-order chi connectivity index (χ0) is 20.0. The van der Waals surface area contributed by atoms with Crippen molar-refractivity contribution in [3.05, 3.63) is 40.0 Å². The standard InChI is InChI=1S/C25H32N2OS/c1-3-8-21-22(20-9-6-5-7-10-20)27(4-2)24(29-21)26-23(28)25-14-17-11-18(15-25)13-19(12-17)16-25/h5-7,9-10,17-19H,3-4,8,11-16H2,1-2H3. The third kappa shape index (κ3) is 3.34. The van der Waals surface area contributed by atoms with Crippen LogP contribution in [0.5, 0.6) is 0 Å². The summed E-state index contributed by atoms with van der Waals surface area (Å²) in [5.74, 6) is 2.51. The van der Waals surface area contributed by atoms with Crippen LogP contribution in [0.25, 0.3) is 11.3 Å². The van der Waals surface area contributed by atoms with Crippen LogP contribution in [-0.2, 0) is 17.8 Å². The van der Waals surface area contributed by atoms with Crippen molar-refractivity contribution in [3.8, 4) is 11.3 Å². The molecular weight excluding hydrogens is 376 g/mol. The van der Waals surface area contributed by atoms with Crippen LogP contribution >= 0.6 is 11.3 Å². The second kappa shape index (κ2) is 7.54. The topological polar surface area (TPSA) is 34.4 Å². The van der Waals surface area contributed by atoms with E-state index in [0.717, 1.165) is 61.2 Å². The number of aromatic nitrogens is 1. The van der Waals surface area contributed by atoms with Crippen LogP contribution < -0.4 is 4.80 Å². The number of rotatable bonds is 5. The maximum Gasteiger partial charge on any atom is 0.254 e. The molecule has 0 radical (unpaired) electrons. The van der Waals surface area contributed by atoms with Gasteiger partial charge in [0.05, 0.1) is 11.1 Å². The minimum absolute atomic E-state index is 0.151. The summed E-state index contributed by atoms with van der Waals surface area (Å²) < 4.78 is 2.28. The van der Waals surface area contributed by atoms with E-state index < -0.39 is 0 Å². The maximum atomic E-state index is 13.6. The summed E-state index contributed by atoms with van der Waals surface area (Å²) >= 11 is 1.74. The number of benzene rings is 1. The number of hydrogen-bond acceptors (Lipinski definition) is 2. The Balaban J connectivity index is 1.57. The van der Waals surface area contributed by atoms with E-state index >= 15 is 0 Å². The summed E-state index contributed by atoms with van der Waals surface area (Å²) in [5.41, 5.74) is 2.34. The molecule has 4 aliphatic carbocycles. The SMILES string of the molecule is CCCc1sc(=NC(=O)C23CC4CC(CC(C4)C2)C3)n(CC)c1-c1ccccc1. The fraction of sp³-hybridized carbons (Fsp3) is 0.600. The normalized spacial score (nSPS) is 30.8. The van der Waals surface area contributed by atoms with Gasteiger partial charge in [-0.25, -0.2) is 0 Å². The lowest BCUT2D eigenvalue weighted by Crippen LogP contribution is -2.49. The lowest BCUT2D eigenvalue weighted by atomic mass is 9.49. The molecular formula is C25H32N2OS. The molecule has 4 bridgehead atoms. The van der Waals surface area contributed by atoms with Gasteiger partial charge in [-0.1, -0.05) is 43.7 Å². The molecule has 1 heterocycles. The van der Waals surface area contributed by atoms with Gasteiger partial charge in [-0.2, -0.15) is 4.99 Å². The zero-order valence-corrected chi connectivity index (χ0v) is 18.5. The van der Waals surface area contributed by atoms with Gasteiger partial charge in [-0.15, -0.1) is 11.3 Å². The van der Waals surface area contributed by atoms with E-state index in [1.807, 2.05) is 0 Å². The van der Waals surface area contributed by atoms with Gasteiger partial charge in [0.25, 0.3) is 5.91 Å². The summed E-state index contributed by atoms with van der Waals surface area (Å²) in [4.78, 5) is 20.7. The molecule has 4 fully saturated rings. The van der Waals surface area contributed by atoms with Crippen LogP contribution in [0.15, 0.2) is 35.3 Å². The van der Waals surface area contributed by atoms with E-state index in [9.17, 15) is 4.79 Å². The van der Waals surface area contributed by atoms with Crippen LogP contribution in [0.1, 0.15) is 63.7 Å². The molecule has 0 N–H and O–H groups in total. The number of aryl methyl sites for hydroxylation is 1. The monoisotopic (exact) mass is 408 g/mol. The van der Waals surface area contributed by atoms with Crippen molar-refractivity contribution in [2.75, 3.05) is 0 Å². The van der Waals surface area contributed by atoms with Gasteiger partial charge in [-0.05, 0) is 75.2 Å². The second-order valence-electron chi connectivity index (χ2n) is 9.63. The van der Waals surface area contributed by atoms with Gasteiger partial charge in [0.15, 0.2) is 4.80 Å². The fourth-order valence-electron chi connectivity index (χ4n) is 6.72. The molecule has 0 spiro atoms. The van der Waals surface area contributed by atoms with Gasteiger partial charge >= 0.3 is 0 Å².